The molecule has 0 aliphatic carbocycles. The van der Waals surface area contributed by atoms with Crippen LogP contribution in [0.3, 0.4) is 0 Å². The van der Waals surface area contributed by atoms with Gasteiger partial charge in [0.25, 0.3) is 0 Å². The van der Waals surface area contributed by atoms with Crippen LogP contribution in [0.1, 0.15) is 30.6 Å². The maximum absolute atomic E-state index is 13.4. The highest BCUT2D eigenvalue weighted by Gasteiger charge is 2.16. The molecule has 1 unspecified atom stereocenters. The van der Waals surface area contributed by atoms with E-state index >= 15 is 0 Å². The van der Waals surface area contributed by atoms with Crippen LogP contribution in [0.4, 0.5) is 4.39 Å². The van der Waals surface area contributed by atoms with E-state index in [1.807, 2.05) is 19.3 Å². The first-order valence-corrected chi connectivity index (χ1v) is 7.56. The fraction of sp³-hybridized carbons (Fsp3) is 0.400. The van der Waals surface area contributed by atoms with E-state index < -0.39 is 0 Å². The molecule has 1 atom stereocenters. The zero-order valence-electron chi connectivity index (χ0n) is 11.7. The van der Waals surface area contributed by atoms with Gasteiger partial charge >= 0.3 is 0 Å². The Morgan fingerprint density at radius 1 is 1.40 bits per heavy atom. The minimum Gasteiger partial charge on any atom is -0.308 e. The predicted octanol–water partition coefficient (Wildman–Crippen LogP) is 3.61. The molecule has 108 valence electrons. The first-order valence-electron chi connectivity index (χ1n) is 6.77. The topological polar surface area (TPSA) is 29.9 Å². The van der Waals surface area contributed by atoms with Crippen LogP contribution in [0.15, 0.2) is 34.9 Å². The Kier molecular flexibility index (Phi) is 5.31. The van der Waals surface area contributed by atoms with Crippen LogP contribution in [0.2, 0.25) is 0 Å². The van der Waals surface area contributed by atoms with E-state index in [0.717, 1.165) is 28.7 Å². The van der Waals surface area contributed by atoms with Crippen molar-refractivity contribution >= 4 is 15.9 Å². The summed E-state index contributed by atoms with van der Waals surface area (Å²) in [6, 6.07) is 6.88. The van der Waals surface area contributed by atoms with Crippen molar-refractivity contribution in [1.29, 1.82) is 0 Å². The highest BCUT2D eigenvalue weighted by molar-refractivity contribution is 9.10. The second kappa shape index (κ2) is 6.99. The second-order valence-electron chi connectivity index (χ2n) is 4.86. The summed E-state index contributed by atoms with van der Waals surface area (Å²) in [4.78, 5) is 0. The maximum atomic E-state index is 13.4. The maximum Gasteiger partial charge on any atom is 0.123 e. The van der Waals surface area contributed by atoms with E-state index in [0.29, 0.717) is 6.42 Å². The molecule has 1 aromatic carbocycles. The summed E-state index contributed by atoms with van der Waals surface area (Å²) in [7, 11) is 1.90. The number of nitrogens with one attached hydrogen (secondary N) is 1. The van der Waals surface area contributed by atoms with Crippen LogP contribution >= 0.6 is 15.9 Å². The third-order valence-corrected chi connectivity index (χ3v) is 3.94. The zero-order chi connectivity index (χ0) is 14.5. The quantitative estimate of drug-likeness (QED) is 0.871. The van der Waals surface area contributed by atoms with Gasteiger partial charge in [-0.3, -0.25) is 4.68 Å². The van der Waals surface area contributed by atoms with Crippen molar-refractivity contribution in [2.45, 2.75) is 25.8 Å². The molecule has 1 N–H and O–H groups in total. The van der Waals surface area contributed by atoms with Gasteiger partial charge in [-0.25, -0.2) is 4.39 Å². The number of benzene rings is 1. The largest absolute Gasteiger partial charge is 0.308 e. The highest BCUT2D eigenvalue weighted by Crippen LogP contribution is 2.24. The molecule has 2 aromatic rings. The SMILES string of the molecule is CCCNC(Cc1cc(F)ccc1Br)c1ccn(C)n1. The molecule has 3 nitrogen and oxygen atoms in total. The van der Waals surface area contributed by atoms with Gasteiger partial charge < -0.3 is 5.32 Å². The Labute approximate surface area is 127 Å². The van der Waals surface area contributed by atoms with Gasteiger partial charge in [0.2, 0.25) is 0 Å². The molecule has 1 heterocycles. The molecule has 20 heavy (non-hydrogen) atoms. The van der Waals surface area contributed by atoms with E-state index in [1.165, 1.54) is 6.07 Å². The lowest BCUT2D eigenvalue weighted by atomic mass is 10.0. The van der Waals surface area contributed by atoms with E-state index in [4.69, 9.17) is 0 Å². The van der Waals surface area contributed by atoms with E-state index in [-0.39, 0.29) is 11.9 Å². The van der Waals surface area contributed by atoms with Crippen LogP contribution in [-0.2, 0) is 13.5 Å². The first-order chi connectivity index (χ1) is 9.60. The van der Waals surface area contributed by atoms with Crippen LogP contribution in [-0.4, -0.2) is 16.3 Å². The minimum atomic E-state index is -0.210. The number of aryl methyl sites for hydroxylation is 1. The summed E-state index contributed by atoms with van der Waals surface area (Å²) in [6.45, 7) is 3.04. The van der Waals surface area contributed by atoms with Gasteiger partial charge in [0, 0.05) is 17.7 Å². The summed E-state index contributed by atoms with van der Waals surface area (Å²) >= 11 is 3.48. The molecule has 5 heteroatoms. The fourth-order valence-electron chi connectivity index (χ4n) is 2.14. The first kappa shape index (κ1) is 15.2. The summed E-state index contributed by atoms with van der Waals surface area (Å²) in [5.41, 5.74) is 1.93. The summed E-state index contributed by atoms with van der Waals surface area (Å²) in [5.74, 6) is -0.210. The number of hydrogen-bond donors (Lipinski definition) is 1. The number of halogens is 2. The van der Waals surface area contributed by atoms with Gasteiger partial charge in [-0.2, -0.15) is 5.10 Å². The normalized spacial score (nSPS) is 12.6. The molecule has 0 saturated carbocycles. The Hall–Kier alpha value is -1.20. The number of hydrogen-bond acceptors (Lipinski definition) is 2. The van der Waals surface area contributed by atoms with Gasteiger partial charge in [0.05, 0.1) is 11.7 Å². The Morgan fingerprint density at radius 3 is 2.85 bits per heavy atom. The summed E-state index contributed by atoms with van der Waals surface area (Å²) in [6.07, 6.45) is 3.68. The predicted molar refractivity (Wildman–Crippen MR) is 82.0 cm³/mol. The molecule has 2 rings (SSSR count). The average Bonchev–Trinajstić information content (AvgIpc) is 2.85. The highest BCUT2D eigenvalue weighted by atomic mass is 79.9. The summed E-state index contributed by atoms with van der Waals surface area (Å²) in [5, 5.41) is 7.93. The van der Waals surface area contributed by atoms with Crippen molar-refractivity contribution in [2.75, 3.05) is 6.54 Å². The monoisotopic (exact) mass is 339 g/mol. The van der Waals surface area contributed by atoms with Crippen molar-refractivity contribution in [3.63, 3.8) is 0 Å². The van der Waals surface area contributed by atoms with Gasteiger partial charge in [-0.1, -0.05) is 22.9 Å². The number of aromatic nitrogens is 2. The molecular formula is C15H19BrFN3. The van der Waals surface area contributed by atoms with Gasteiger partial charge in [0.1, 0.15) is 5.82 Å². The Bertz CT molecular complexity index is 568. The van der Waals surface area contributed by atoms with Crippen molar-refractivity contribution in [1.82, 2.24) is 15.1 Å². The molecule has 0 fully saturated rings. The Morgan fingerprint density at radius 2 is 2.20 bits per heavy atom. The smallest absolute Gasteiger partial charge is 0.123 e. The lowest BCUT2D eigenvalue weighted by molar-refractivity contribution is 0.508. The van der Waals surface area contributed by atoms with Gasteiger partial charge in [-0.15, -0.1) is 0 Å². The number of rotatable bonds is 6. The van der Waals surface area contributed by atoms with Crippen LogP contribution in [0.25, 0.3) is 0 Å². The van der Waals surface area contributed by atoms with E-state index in [1.54, 1.807) is 16.8 Å². The molecule has 0 radical (unpaired) electrons. The molecule has 1 aromatic heterocycles. The lowest BCUT2D eigenvalue weighted by Crippen LogP contribution is -2.25. The minimum absolute atomic E-state index is 0.0919. The van der Waals surface area contributed by atoms with Crippen molar-refractivity contribution in [3.8, 4) is 0 Å². The van der Waals surface area contributed by atoms with Gasteiger partial charge in [0.15, 0.2) is 0 Å². The zero-order valence-corrected chi connectivity index (χ0v) is 13.3. The molecule has 0 amide bonds. The van der Waals surface area contributed by atoms with Crippen LogP contribution in [0.5, 0.6) is 0 Å². The molecule has 0 spiro atoms. The van der Waals surface area contributed by atoms with Crippen molar-refractivity contribution in [3.05, 3.63) is 52.0 Å². The molecular weight excluding hydrogens is 321 g/mol. The molecule has 0 aliphatic rings. The second-order valence-corrected chi connectivity index (χ2v) is 5.72. The standard InChI is InChI=1S/C15H19BrFN3/c1-3-7-18-15(14-6-8-20(2)19-14)10-11-9-12(17)4-5-13(11)16/h4-6,8-9,15,18H,3,7,10H2,1-2H3. The molecule has 0 bridgehead atoms. The molecule has 0 saturated heterocycles. The van der Waals surface area contributed by atoms with Crippen molar-refractivity contribution in [2.24, 2.45) is 7.05 Å². The number of nitrogens with zero attached hydrogens (tertiary/aromatic N) is 2. The van der Waals surface area contributed by atoms with Gasteiger partial charge in [-0.05, 0) is 49.2 Å². The lowest BCUT2D eigenvalue weighted by Gasteiger charge is -2.17. The molecule has 0 aliphatic heterocycles. The Balaban J connectivity index is 2.21. The summed E-state index contributed by atoms with van der Waals surface area (Å²) < 4.78 is 16.1. The third-order valence-electron chi connectivity index (χ3n) is 3.16. The van der Waals surface area contributed by atoms with E-state index in [2.05, 4.69) is 33.3 Å². The fourth-order valence-corrected chi connectivity index (χ4v) is 2.55. The van der Waals surface area contributed by atoms with E-state index in [9.17, 15) is 4.39 Å². The van der Waals surface area contributed by atoms with Crippen LogP contribution < -0.4 is 5.32 Å². The third kappa shape index (κ3) is 3.90. The van der Waals surface area contributed by atoms with Crippen molar-refractivity contribution < 1.29 is 4.39 Å². The average molecular weight is 340 g/mol. The van der Waals surface area contributed by atoms with Crippen LogP contribution in [0, 0.1) is 5.82 Å².